The average molecular weight is 606 g/mol. The van der Waals surface area contributed by atoms with Gasteiger partial charge in [-0.1, -0.05) is 85.0 Å². The predicted molar refractivity (Wildman–Crippen MR) is 165 cm³/mol. The van der Waals surface area contributed by atoms with Gasteiger partial charge >= 0.3 is 11.9 Å². The summed E-state index contributed by atoms with van der Waals surface area (Å²) in [5.74, 6) is -2.83. The highest BCUT2D eigenvalue weighted by atomic mass is 28.4. The number of ketones is 1. The fraction of sp³-hybridized carbons (Fsp3) is 0.677. The lowest BCUT2D eigenvalue weighted by Crippen LogP contribution is -2.80. The number of β-lactam (4-membered cyclic amide) rings is 1. The summed E-state index contributed by atoms with van der Waals surface area (Å²) in [4.78, 5) is 53.8. The Kier molecular flexibility index (Phi) is 10.3. The van der Waals surface area contributed by atoms with Gasteiger partial charge in [0.25, 0.3) is 0 Å². The molecule has 10 heteroatoms. The second-order valence-corrected chi connectivity index (χ2v) is 24.4. The van der Waals surface area contributed by atoms with Gasteiger partial charge in [-0.05, 0) is 42.6 Å². The number of amides is 1. The second-order valence-electron chi connectivity index (χ2n) is 14.5. The molecule has 0 saturated carbocycles. The molecule has 41 heavy (non-hydrogen) atoms. The molecule has 1 aliphatic heterocycles. The van der Waals surface area contributed by atoms with Crippen molar-refractivity contribution >= 4 is 40.2 Å². The van der Waals surface area contributed by atoms with E-state index in [1.165, 1.54) is 13.8 Å². The van der Waals surface area contributed by atoms with Crippen molar-refractivity contribution in [3.05, 3.63) is 35.9 Å². The molecule has 0 spiro atoms. The van der Waals surface area contributed by atoms with Crippen LogP contribution in [0.25, 0.3) is 0 Å². The molecule has 0 radical (unpaired) electrons. The van der Waals surface area contributed by atoms with E-state index in [2.05, 4.69) is 67.7 Å². The lowest BCUT2D eigenvalue weighted by molar-refractivity contribution is -0.182. The van der Waals surface area contributed by atoms with Crippen LogP contribution in [0, 0.1) is 11.3 Å². The van der Waals surface area contributed by atoms with E-state index < -0.39 is 64.4 Å². The molecule has 1 saturated heterocycles. The standard InChI is InChI=1S/C31H51NO7Si2/c1-21(39-41(12,13)30(6,7)8)25-26(32(27(25)35)40(10,11)29(3,4)5)31(9,24(34)20-37-22(2)33)28(36)38-19-23-17-15-14-16-18-23/h14-18,21,25-26H,19-20H2,1-13H3. The van der Waals surface area contributed by atoms with Gasteiger partial charge < -0.3 is 18.5 Å². The van der Waals surface area contributed by atoms with E-state index in [9.17, 15) is 19.2 Å². The van der Waals surface area contributed by atoms with Crippen LogP contribution in [0.1, 0.15) is 67.9 Å². The van der Waals surface area contributed by atoms with Gasteiger partial charge in [0.2, 0.25) is 5.91 Å². The Morgan fingerprint density at radius 3 is 1.90 bits per heavy atom. The van der Waals surface area contributed by atoms with Crippen LogP contribution in [-0.4, -0.2) is 63.5 Å². The maximum Gasteiger partial charge on any atom is 0.321 e. The zero-order chi connectivity index (χ0) is 31.8. The molecule has 1 aromatic carbocycles. The fourth-order valence-corrected chi connectivity index (χ4v) is 8.84. The first-order valence-electron chi connectivity index (χ1n) is 14.4. The molecule has 0 bridgehead atoms. The van der Waals surface area contributed by atoms with E-state index in [1.807, 2.05) is 37.3 Å². The summed E-state index contributed by atoms with van der Waals surface area (Å²) in [6, 6.07) is 8.39. The number of rotatable bonds is 11. The lowest BCUT2D eigenvalue weighted by Gasteiger charge is -2.63. The van der Waals surface area contributed by atoms with Crippen molar-refractivity contribution < 1.29 is 33.1 Å². The summed E-state index contributed by atoms with van der Waals surface area (Å²) < 4.78 is 19.4. The van der Waals surface area contributed by atoms with E-state index in [0.717, 1.165) is 5.56 Å². The first-order chi connectivity index (χ1) is 18.5. The molecule has 0 N–H and O–H groups in total. The van der Waals surface area contributed by atoms with Gasteiger partial charge in [-0.25, -0.2) is 0 Å². The Hall–Kier alpha value is -2.31. The van der Waals surface area contributed by atoms with Crippen LogP contribution in [-0.2, 0) is 39.7 Å². The minimum atomic E-state index is -2.59. The third-order valence-electron chi connectivity index (χ3n) is 9.59. The number of carbonyl (C=O) groups is 4. The molecular weight excluding hydrogens is 555 g/mol. The zero-order valence-electron chi connectivity index (χ0n) is 27.3. The Morgan fingerprint density at radius 1 is 0.902 bits per heavy atom. The zero-order valence-corrected chi connectivity index (χ0v) is 29.3. The Morgan fingerprint density at radius 2 is 1.44 bits per heavy atom. The molecule has 0 aromatic heterocycles. The van der Waals surface area contributed by atoms with E-state index in [0.29, 0.717) is 0 Å². The van der Waals surface area contributed by atoms with Crippen LogP contribution < -0.4 is 0 Å². The van der Waals surface area contributed by atoms with Gasteiger partial charge in [0.1, 0.15) is 12.0 Å². The molecular formula is C31H51NO7Si2. The van der Waals surface area contributed by atoms with E-state index >= 15 is 0 Å². The summed E-state index contributed by atoms with van der Waals surface area (Å²) in [6.45, 7) is 25.0. The van der Waals surface area contributed by atoms with Gasteiger partial charge in [-0.3, -0.25) is 19.2 Å². The number of esters is 2. The monoisotopic (exact) mass is 605 g/mol. The second kappa shape index (κ2) is 12.1. The van der Waals surface area contributed by atoms with Crippen LogP contribution in [0.15, 0.2) is 30.3 Å². The Balaban J connectivity index is 2.67. The molecule has 1 aliphatic rings. The van der Waals surface area contributed by atoms with Crippen molar-refractivity contribution in [1.82, 2.24) is 4.57 Å². The summed E-state index contributed by atoms with van der Waals surface area (Å²) in [6.07, 6.45) is -0.544. The Bertz CT molecular complexity index is 1140. The van der Waals surface area contributed by atoms with Crippen LogP contribution in [0.4, 0.5) is 0 Å². The van der Waals surface area contributed by atoms with Crippen LogP contribution >= 0.6 is 0 Å². The summed E-state index contributed by atoms with van der Waals surface area (Å²) in [5.41, 5.74) is -1.02. The molecule has 0 aliphatic carbocycles. The van der Waals surface area contributed by atoms with Crippen LogP contribution in [0.3, 0.4) is 0 Å². The van der Waals surface area contributed by atoms with Gasteiger partial charge in [-0.2, -0.15) is 0 Å². The van der Waals surface area contributed by atoms with Crippen molar-refractivity contribution in [3.63, 3.8) is 0 Å². The normalized spacial score (nSPS) is 20.5. The van der Waals surface area contributed by atoms with E-state index in [1.54, 1.807) is 4.57 Å². The average Bonchev–Trinajstić information content (AvgIpc) is 2.82. The van der Waals surface area contributed by atoms with Crippen molar-refractivity contribution in [1.29, 1.82) is 0 Å². The van der Waals surface area contributed by atoms with Gasteiger partial charge in [0.15, 0.2) is 28.9 Å². The van der Waals surface area contributed by atoms with Crippen LogP contribution in [0.2, 0.25) is 36.3 Å². The van der Waals surface area contributed by atoms with Gasteiger partial charge in [0, 0.05) is 6.92 Å². The largest absolute Gasteiger partial charge is 0.460 e. The highest BCUT2D eigenvalue weighted by molar-refractivity contribution is 6.80. The quantitative estimate of drug-likeness (QED) is 0.130. The summed E-state index contributed by atoms with van der Waals surface area (Å²) in [7, 11) is -4.90. The van der Waals surface area contributed by atoms with Gasteiger partial charge in [0.05, 0.1) is 18.1 Å². The molecule has 8 nitrogen and oxygen atoms in total. The summed E-state index contributed by atoms with van der Waals surface area (Å²) in [5, 5.41) is -0.366. The molecule has 4 unspecified atom stereocenters. The van der Waals surface area contributed by atoms with Crippen molar-refractivity contribution in [2.24, 2.45) is 11.3 Å². The first-order valence-corrected chi connectivity index (χ1v) is 20.2. The number of Topliss-reactive ketones (excluding diaryl/α,β-unsaturated/α-hetero) is 1. The number of benzene rings is 1. The molecule has 1 heterocycles. The van der Waals surface area contributed by atoms with Crippen molar-refractivity contribution in [2.75, 3.05) is 6.61 Å². The predicted octanol–water partition coefficient (Wildman–Crippen LogP) is 6.11. The maximum atomic E-state index is 14.1. The fourth-order valence-electron chi connectivity index (χ4n) is 4.88. The van der Waals surface area contributed by atoms with Crippen LogP contribution in [0.5, 0.6) is 0 Å². The maximum absolute atomic E-state index is 14.1. The minimum Gasteiger partial charge on any atom is -0.460 e. The smallest absolute Gasteiger partial charge is 0.321 e. The van der Waals surface area contributed by atoms with Gasteiger partial charge in [-0.15, -0.1) is 0 Å². The minimum absolute atomic E-state index is 0.0302. The van der Waals surface area contributed by atoms with E-state index in [4.69, 9.17) is 13.9 Å². The highest BCUT2D eigenvalue weighted by Crippen LogP contribution is 2.52. The van der Waals surface area contributed by atoms with E-state index in [-0.39, 0.29) is 22.6 Å². The number of ether oxygens (including phenoxy) is 2. The number of hydrogen-bond acceptors (Lipinski definition) is 7. The number of nitrogens with zero attached hydrogens (tertiary/aromatic N) is 1. The molecule has 1 amide bonds. The third kappa shape index (κ3) is 7.02. The molecule has 1 fully saturated rings. The highest BCUT2D eigenvalue weighted by Gasteiger charge is 2.68. The topological polar surface area (TPSA) is 99.2 Å². The van der Waals surface area contributed by atoms with Crippen molar-refractivity contribution in [2.45, 2.75) is 117 Å². The lowest BCUT2D eigenvalue weighted by atomic mass is 9.67. The molecule has 2 rings (SSSR count). The first kappa shape index (κ1) is 34.9. The van der Waals surface area contributed by atoms with Crippen molar-refractivity contribution in [3.8, 4) is 0 Å². The summed E-state index contributed by atoms with van der Waals surface area (Å²) >= 11 is 0. The SMILES string of the molecule is CC(=O)OCC(=O)C(C)(C(=O)OCc1ccccc1)C1C(C(C)O[Si](C)(C)C(C)(C)C)C(=O)N1[Si](C)(C)C(C)(C)C. The number of carbonyl (C=O) groups excluding carboxylic acids is 4. The molecule has 4 atom stereocenters. The number of hydrogen-bond donors (Lipinski definition) is 0. The molecule has 230 valence electrons. The molecule has 1 aromatic rings. The Labute approximate surface area is 248 Å². The third-order valence-corrected chi connectivity index (χ3v) is 19.5.